The quantitative estimate of drug-likeness (QED) is 0.169. The molecule has 12 heavy (non-hydrogen) atoms. The summed E-state index contributed by atoms with van der Waals surface area (Å²) < 4.78 is 0. The molecule has 8 nitrogen and oxygen atoms in total. The van der Waals surface area contributed by atoms with Crippen molar-refractivity contribution in [3.05, 3.63) is 0 Å². The number of carbonyl (C=O) groups is 2. The lowest BCUT2D eigenvalue weighted by molar-refractivity contribution is -0.134. The van der Waals surface area contributed by atoms with Gasteiger partial charge >= 0.3 is 0 Å². The first kappa shape index (κ1) is 13.4. The highest BCUT2D eigenvalue weighted by molar-refractivity contribution is 5.86. The van der Waals surface area contributed by atoms with Gasteiger partial charge in [0.25, 0.3) is 5.91 Å². The van der Waals surface area contributed by atoms with Crippen LogP contribution in [0.3, 0.4) is 0 Å². The van der Waals surface area contributed by atoms with Crippen LogP contribution in [0.2, 0.25) is 0 Å². The minimum atomic E-state index is -1.46. The van der Waals surface area contributed by atoms with Crippen LogP contribution in [0.4, 0.5) is 0 Å². The molecule has 0 saturated heterocycles. The van der Waals surface area contributed by atoms with Crippen LogP contribution < -0.4 is 22.5 Å². The fourth-order valence-corrected chi connectivity index (χ4v) is 0.423. The average Bonchev–Trinajstić information content (AvgIpc) is 2.02. The number of hydrogen-bond acceptors (Lipinski definition) is 5. The second-order valence-corrected chi connectivity index (χ2v) is 1.80. The van der Waals surface area contributed by atoms with Crippen LogP contribution in [0, 0.1) is 0 Å². The topological polar surface area (TPSA) is 162 Å². The van der Waals surface area contributed by atoms with Gasteiger partial charge in [-0.05, 0) is 0 Å². The molecule has 8 heteroatoms. The van der Waals surface area contributed by atoms with Crippen LogP contribution in [0.15, 0.2) is 0 Å². The van der Waals surface area contributed by atoms with E-state index in [1.807, 2.05) is 0 Å². The second-order valence-electron chi connectivity index (χ2n) is 1.80. The van der Waals surface area contributed by atoms with Gasteiger partial charge in [0.15, 0.2) is 0 Å². The Hall–Kier alpha value is -1.22. The first-order valence-corrected chi connectivity index (χ1v) is 2.79. The molecule has 1 unspecified atom stereocenters. The van der Waals surface area contributed by atoms with Gasteiger partial charge in [-0.1, -0.05) is 0 Å². The zero-order valence-electron chi connectivity index (χ0n) is 6.20. The molecule has 1 atom stereocenters. The Morgan fingerprint density at radius 1 is 1.33 bits per heavy atom. The third kappa shape index (κ3) is 4.57. The number of nitrogens with two attached hydrogens (primary N) is 2. The van der Waals surface area contributed by atoms with E-state index in [1.54, 1.807) is 10.9 Å². The Morgan fingerprint density at radius 3 is 2.17 bits per heavy atom. The molecule has 0 rings (SSSR count). The maximum atomic E-state index is 10.5. The van der Waals surface area contributed by atoms with E-state index in [2.05, 4.69) is 11.7 Å². The highest BCUT2D eigenvalue weighted by Gasteiger charge is 2.16. The molecule has 0 aliphatic rings. The molecule has 72 valence electrons. The number of nitrogens with one attached hydrogen (secondary N) is 2. The molecule has 0 aliphatic heterocycles. The van der Waals surface area contributed by atoms with Gasteiger partial charge in [0.2, 0.25) is 5.91 Å². The lowest BCUT2D eigenvalue weighted by Crippen LogP contribution is -2.42. The first-order chi connectivity index (χ1) is 5.11. The Labute approximate surface area is 68.2 Å². The Bertz CT molecular complexity index is 161. The Balaban J connectivity index is 0. The third-order valence-corrected chi connectivity index (χ3v) is 0.985. The molecule has 0 aliphatic carbocycles. The molecule has 0 spiro atoms. The van der Waals surface area contributed by atoms with Gasteiger partial charge in [-0.2, -0.15) is 0 Å². The van der Waals surface area contributed by atoms with Crippen molar-refractivity contribution in [2.24, 2.45) is 11.7 Å². The van der Waals surface area contributed by atoms with E-state index in [0.29, 0.717) is 0 Å². The number of rotatable bonds is 3. The summed E-state index contributed by atoms with van der Waals surface area (Å²) in [5.74, 6) is 7.89. The maximum Gasteiger partial charge on any atom is 0.263 e. The highest BCUT2D eigenvalue weighted by Crippen LogP contribution is 1.89. The van der Waals surface area contributed by atoms with Crippen LogP contribution in [0.5, 0.6) is 0 Å². The van der Waals surface area contributed by atoms with Gasteiger partial charge in [-0.15, -0.1) is 0 Å². The molecule has 0 bridgehead atoms. The largest absolute Gasteiger partial charge is 0.412 e. The lowest BCUT2D eigenvalue weighted by atomic mass is 10.2. The molecular weight excluding hydrogens is 168 g/mol. The fourth-order valence-electron chi connectivity index (χ4n) is 0.423. The fraction of sp³-hybridized carbons (Fsp3) is 0.500. The van der Waals surface area contributed by atoms with E-state index >= 15 is 0 Å². The van der Waals surface area contributed by atoms with Crippen LogP contribution in [0.25, 0.3) is 0 Å². The molecule has 0 fully saturated rings. The minimum absolute atomic E-state index is 0. The van der Waals surface area contributed by atoms with Crippen molar-refractivity contribution in [3.8, 4) is 0 Å². The van der Waals surface area contributed by atoms with Crippen molar-refractivity contribution in [1.82, 2.24) is 10.9 Å². The van der Waals surface area contributed by atoms with Crippen molar-refractivity contribution in [1.29, 1.82) is 0 Å². The number of aliphatic hydroxyl groups excluding tert-OH is 1. The van der Waals surface area contributed by atoms with Gasteiger partial charge in [-0.3, -0.25) is 20.4 Å². The summed E-state index contributed by atoms with van der Waals surface area (Å²) in [6.45, 7) is 0. The van der Waals surface area contributed by atoms with Crippen molar-refractivity contribution in [2.45, 2.75) is 12.5 Å². The predicted molar refractivity (Wildman–Crippen MR) is 38.9 cm³/mol. The van der Waals surface area contributed by atoms with Gasteiger partial charge < -0.3 is 10.6 Å². The summed E-state index contributed by atoms with van der Waals surface area (Å²) >= 11 is 0. The number of carbonyl (C=O) groups excluding carboxylic acids is 2. The smallest absolute Gasteiger partial charge is 0.263 e. The number of hydrogen-bond donors (Lipinski definition) is 5. The minimum Gasteiger partial charge on any atom is -0.412 e. The van der Waals surface area contributed by atoms with Gasteiger partial charge in [0.05, 0.1) is 6.42 Å². The molecule has 0 aromatic heterocycles. The Morgan fingerprint density at radius 2 is 1.83 bits per heavy atom. The van der Waals surface area contributed by atoms with Crippen LogP contribution in [-0.4, -0.2) is 28.5 Å². The standard InChI is InChI=1S/C4H10N4O3.H2O/c5-7-3(10)1-2(9)4(11)8-6;/h2,9H,1,5-6H2,(H,7,10)(H,8,11);1H2. The zero-order valence-corrected chi connectivity index (χ0v) is 6.20. The van der Waals surface area contributed by atoms with Crippen molar-refractivity contribution < 1.29 is 20.2 Å². The van der Waals surface area contributed by atoms with Crippen LogP contribution in [-0.2, 0) is 9.59 Å². The molecule has 0 heterocycles. The normalized spacial score (nSPS) is 10.9. The van der Waals surface area contributed by atoms with E-state index in [-0.39, 0.29) is 5.48 Å². The van der Waals surface area contributed by atoms with Gasteiger partial charge in [0.1, 0.15) is 6.10 Å². The molecule has 9 N–H and O–H groups in total. The van der Waals surface area contributed by atoms with Crippen LogP contribution >= 0.6 is 0 Å². The summed E-state index contributed by atoms with van der Waals surface area (Å²) in [5.41, 5.74) is 3.44. The van der Waals surface area contributed by atoms with Crippen LogP contribution in [0.1, 0.15) is 6.42 Å². The monoisotopic (exact) mass is 180 g/mol. The lowest BCUT2D eigenvalue weighted by Gasteiger charge is -2.06. The second kappa shape index (κ2) is 6.49. The zero-order chi connectivity index (χ0) is 8.85. The van der Waals surface area contributed by atoms with Crippen molar-refractivity contribution in [3.63, 3.8) is 0 Å². The SMILES string of the molecule is NNC(=O)CC(O)C(=O)NN.O. The average molecular weight is 180 g/mol. The van der Waals surface area contributed by atoms with E-state index < -0.39 is 24.3 Å². The summed E-state index contributed by atoms with van der Waals surface area (Å²) in [5, 5.41) is 8.81. The summed E-state index contributed by atoms with van der Waals surface area (Å²) in [7, 11) is 0. The molecule has 0 aromatic carbocycles. The molecule has 0 radical (unpaired) electrons. The van der Waals surface area contributed by atoms with E-state index in [9.17, 15) is 9.59 Å². The molecular formula is C4H12N4O4. The van der Waals surface area contributed by atoms with E-state index in [1.165, 1.54) is 0 Å². The molecule has 0 saturated carbocycles. The summed E-state index contributed by atoms with van der Waals surface area (Å²) in [4.78, 5) is 20.9. The number of hydrazine groups is 2. The molecule has 0 aromatic rings. The van der Waals surface area contributed by atoms with Crippen molar-refractivity contribution >= 4 is 11.8 Å². The maximum absolute atomic E-state index is 10.5. The Kier molecular flexibility index (Phi) is 7.23. The predicted octanol–water partition coefficient (Wildman–Crippen LogP) is -4.11. The summed E-state index contributed by atoms with van der Waals surface area (Å²) in [6, 6.07) is 0. The van der Waals surface area contributed by atoms with E-state index in [0.717, 1.165) is 0 Å². The third-order valence-electron chi connectivity index (χ3n) is 0.985. The molecule has 2 amide bonds. The highest BCUT2D eigenvalue weighted by atomic mass is 16.3. The van der Waals surface area contributed by atoms with Gasteiger partial charge in [0, 0.05) is 0 Å². The van der Waals surface area contributed by atoms with E-state index in [4.69, 9.17) is 5.11 Å². The number of aliphatic hydroxyl groups is 1. The van der Waals surface area contributed by atoms with Gasteiger partial charge in [-0.25, -0.2) is 11.7 Å². The number of amides is 2. The van der Waals surface area contributed by atoms with Crippen molar-refractivity contribution in [2.75, 3.05) is 0 Å². The summed E-state index contributed by atoms with van der Waals surface area (Å²) in [6.07, 6.45) is -1.86. The first-order valence-electron chi connectivity index (χ1n) is 2.79.